The van der Waals surface area contributed by atoms with E-state index >= 15 is 0 Å². The number of rotatable bonds is 8. The first-order valence-corrected chi connectivity index (χ1v) is 8.90. The zero-order valence-electron chi connectivity index (χ0n) is 10.5. The molecule has 0 radical (unpaired) electrons. The van der Waals surface area contributed by atoms with Crippen molar-refractivity contribution in [3.05, 3.63) is 29.8 Å². The fourth-order valence-electron chi connectivity index (χ4n) is 1.29. The molecular weight excluding hydrogens is 270 g/mol. The van der Waals surface area contributed by atoms with Crippen LogP contribution in [-0.2, 0) is 16.4 Å². The van der Waals surface area contributed by atoms with Gasteiger partial charge in [-0.2, -0.15) is 11.8 Å². The van der Waals surface area contributed by atoms with E-state index in [-0.39, 0.29) is 5.75 Å². The summed E-state index contributed by atoms with van der Waals surface area (Å²) < 4.78 is 27.4. The molecule has 0 saturated carbocycles. The predicted octanol–water partition coefficient (Wildman–Crippen LogP) is 1.30. The number of hydrogen-bond acceptors (Lipinski definition) is 5. The number of benzene rings is 1. The molecule has 0 aromatic heterocycles. The lowest BCUT2D eigenvalue weighted by Crippen LogP contribution is -2.07. The molecule has 0 heterocycles. The second kappa shape index (κ2) is 7.66. The van der Waals surface area contributed by atoms with Gasteiger partial charge in [-0.25, -0.2) is 8.42 Å². The maximum Gasteiger partial charge on any atom is 0.148 e. The van der Waals surface area contributed by atoms with Crippen LogP contribution in [0, 0.1) is 0 Å². The van der Waals surface area contributed by atoms with Gasteiger partial charge >= 0.3 is 0 Å². The molecule has 1 aromatic rings. The van der Waals surface area contributed by atoms with Crippen molar-refractivity contribution in [2.24, 2.45) is 5.73 Å². The first kappa shape index (κ1) is 15.3. The summed E-state index contributed by atoms with van der Waals surface area (Å²) in [5, 5.41) is 0. The Bertz CT molecular complexity index is 460. The van der Waals surface area contributed by atoms with Crippen LogP contribution in [0.1, 0.15) is 5.56 Å². The van der Waals surface area contributed by atoms with E-state index in [0.717, 1.165) is 17.1 Å². The van der Waals surface area contributed by atoms with Crippen molar-refractivity contribution in [2.45, 2.75) is 6.54 Å². The average Bonchev–Trinajstić information content (AvgIpc) is 2.32. The summed E-state index contributed by atoms with van der Waals surface area (Å²) in [6.45, 7) is 1.07. The minimum Gasteiger partial charge on any atom is -0.493 e. The largest absolute Gasteiger partial charge is 0.493 e. The highest BCUT2D eigenvalue weighted by molar-refractivity contribution is 8.00. The summed E-state index contributed by atoms with van der Waals surface area (Å²) in [4.78, 5) is 0. The van der Waals surface area contributed by atoms with E-state index in [1.807, 2.05) is 24.3 Å². The van der Waals surface area contributed by atoms with Crippen LogP contribution in [-0.4, -0.2) is 38.5 Å². The van der Waals surface area contributed by atoms with Gasteiger partial charge in [0.2, 0.25) is 0 Å². The molecule has 0 fully saturated rings. The van der Waals surface area contributed by atoms with Crippen molar-refractivity contribution < 1.29 is 13.2 Å². The lowest BCUT2D eigenvalue weighted by molar-refractivity contribution is 0.343. The smallest absolute Gasteiger partial charge is 0.148 e. The van der Waals surface area contributed by atoms with Crippen molar-refractivity contribution in [1.82, 2.24) is 0 Å². The number of hydrogen-bond donors (Lipinski definition) is 1. The first-order chi connectivity index (χ1) is 8.51. The van der Waals surface area contributed by atoms with Crippen LogP contribution in [0.2, 0.25) is 0 Å². The molecule has 0 aliphatic rings. The third-order valence-corrected chi connectivity index (χ3v) is 4.38. The van der Waals surface area contributed by atoms with Gasteiger partial charge in [-0.1, -0.05) is 12.1 Å². The van der Waals surface area contributed by atoms with Crippen molar-refractivity contribution in [2.75, 3.05) is 30.1 Å². The summed E-state index contributed by atoms with van der Waals surface area (Å²) in [6.07, 6.45) is 1.25. The number of nitrogens with two attached hydrogens (primary N) is 1. The Kier molecular flexibility index (Phi) is 6.52. The highest BCUT2D eigenvalue weighted by Crippen LogP contribution is 2.13. The van der Waals surface area contributed by atoms with Crippen molar-refractivity contribution in [3.63, 3.8) is 0 Å². The van der Waals surface area contributed by atoms with Gasteiger partial charge in [-0.05, 0) is 17.7 Å². The lowest BCUT2D eigenvalue weighted by Gasteiger charge is -2.07. The highest BCUT2D eigenvalue weighted by atomic mass is 32.2. The van der Waals surface area contributed by atoms with E-state index in [1.165, 1.54) is 6.26 Å². The van der Waals surface area contributed by atoms with Crippen LogP contribution < -0.4 is 10.5 Å². The third-order valence-electron chi connectivity index (χ3n) is 2.23. The van der Waals surface area contributed by atoms with Crippen LogP contribution in [0.3, 0.4) is 0 Å². The van der Waals surface area contributed by atoms with E-state index in [1.54, 1.807) is 11.8 Å². The van der Waals surface area contributed by atoms with Gasteiger partial charge in [-0.3, -0.25) is 0 Å². The maximum absolute atomic E-state index is 10.9. The standard InChI is InChI=1S/C12H19NO3S2/c1-18(14,15)8-7-17-6-5-16-12-4-2-3-11(9-12)10-13/h2-4,9H,5-8,10,13H2,1H3. The zero-order valence-corrected chi connectivity index (χ0v) is 12.1. The van der Waals surface area contributed by atoms with Crippen molar-refractivity contribution in [3.8, 4) is 5.75 Å². The lowest BCUT2D eigenvalue weighted by atomic mass is 10.2. The summed E-state index contributed by atoms with van der Waals surface area (Å²) in [6, 6.07) is 7.67. The number of sulfone groups is 1. The molecule has 1 rings (SSSR count). The van der Waals surface area contributed by atoms with Gasteiger partial charge in [0.1, 0.15) is 15.6 Å². The molecule has 0 unspecified atom stereocenters. The van der Waals surface area contributed by atoms with Crippen LogP contribution in [0.25, 0.3) is 0 Å². The van der Waals surface area contributed by atoms with Gasteiger partial charge in [0.05, 0.1) is 12.4 Å². The quantitative estimate of drug-likeness (QED) is 0.731. The molecule has 0 amide bonds. The molecule has 102 valence electrons. The average molecular weight is 289 g/mol. The maximum atomic E-state index is 10.9. The minimum atomic E-state index is -2.85. The Morgan fingerprint density at radius 1 is 1.33 bits per heavy atom. The second-order valence-corrected chi connectivity index (χ2v) is 7.43. The topological polar surface area (TPSA) is 69.4 Å². The van der Waals surface area contributed by atoms with Gasteiger partial charge in [-0.15, -0.1) is 0 Å². The first-order valence-electron chi connectivity index (χ1n) is 5.68. The van der Waals surface area contributed by atoms with Crippen LogP contribution in [0.15, 0.2) is 24.3 Å². The van der Waals surface area contributed by atoms with E-state index in [0.29, 0.717) is 18.9 Å². The van der Waals surface area contributed by atoms with Crippen LogP contribution >= 0.6 is 11.8 Å². The van der Waals surface area contributed by atoms with E-state index in [9.17, 15) is 8.42 Å². The Morgan fingerprint density at radius 3 is 2.78 bits per heavy atom. The Morgan fingerprint density at radius 2 is 2.11 bits per heavy atom. The molecule has 2 N–H and O–H groups in total. The van der Waals surface area contributed by atoms with Crippen LogP contribution in [0.5, 0.6) is 5.75 Å². The van der Waals surface area contributed by atoms with E-state index in [4.69, 9.17) is 10.5 Å². The Hall–Kier alpha value is -0.720. The molecule has 18 heavy (non-hydrogen) atoms. The summed E-state index contributed by atoms with van der Waals surface area (Å²) in [7, 11) is -2.85. The van der Waals surface area contributed by atoms with Crippen molar-refractivity contribution >= 4 is 21.6 Å². The fraction of sp³-hybridized carbons (Fsp3) is 0.500. The SMILES string of the molecule is CS(=O)(=O)CCSCCOc1cccc(CN)c1. The predicted molar refractivity (Wildman–Crippen MR) is 76.9 cm³/mol. The molecule has 6 heteroatoms. The monoisotopic (exact) mass is 289 g/mol. The summed E-state index contributed by atoms with van der Waals surface area (Å²) in [5.74, 6) is 2.43. The molecule has 1 aromatic carbocycles. The molecule has 0 bridgehead atoms. The van der Waals surface area contributed by atoms with E-state index < -0.39 is 9.84 Å². The van der Waals surface area contributed by atoms with Gasteiger partial charge in [0, 0.05) is 24.3 Å². The zero-order chi connectivity index (χ0) is 13.4. The highest BCUT2D eigenvalue weighted by Gasteiger charge is 2.01. The third kappa shape index (κ3) is 6.88. The minimum absolute atomic E-state index is 0.223. The number of thioether (sulfide) groups is 1. The van der Waals surface area contributed by atoms with Gasteiger partial charge < -0.3 is 10.5 Å². The molecule has 0 saturated heterocycles. The summed E-state index contributed by atoms with van der Waals surface area (Å²) in [5.41, 5.74) is 6.58. The van der Waals surface area contributed by atoms with Crippen molar-refractivity contribution in [1.29, 1.82) is 0 Å². The molecule has 0 atom stereocenters. The Balaban J connectivity index is 2.18. The second-order valence-electron chi connectivity index (χ2n) is 3.94. The number of ether oxygens (including phenoxy) is 1. The summed E-state index contributed by atoms with van der Waals surface area (Å²) >= 11 is 1.58. The molecule has 0 aliphatic carbocycles. The van der Waals surface area contributed by atoms with E-state index in [2.05, 4.69) is 0 Å². The molecule has 4 nitrogen and oxygen atoms in total. The molecule has 0 aliphatic heterocycles. The van der Waals surface area contributed by atoms with Crippen LogP contribution in [0.4, 0.5) is 0 Å². The fourth-order valence-corrected chi connectivity index (χ4v) is 3.38. The molecule has 0 spiro atoms. The van der Waals surface area contributed by atoms with Gasteiger partial charge in [0.25, 0.3) is 0 Å². The molecular formula is C12H19NO3S2. The normalized spacial score (nSPS) is 11.4. The van der Waals surface area contributed by atoms with Gasteiger partial charge in [0.15, 0.2) is 0 Å². The Labute approximate surface area is 113 Å².